The Labute approximate surface area is 184 Å². The lowest BCUT2D eigenvalue weighted by Gasteiger charge is -2.28. The minimum absolute atomic E-state index is 0.00817. The monoisotopic (exact) mass is 439 g/mol. The van der Waals surface area contributed by atoms with Crippen molar-refractivity contribution in [1.29, 1.82) is 0 Å². The van der Waals surface area contributed by atoms with Crippen molar-refractivity contribution < 1.29 is 29.3 Å². The van der Waals surface area contributed by atoms with Crippen LogP contribution in [0.4, 0.5) is 0 Å². The molecule has 0 saturated heterocycles. The average Bonchev–Trinajstić information content (AvgIpc) is 2.75. The van der Waals surface area contributed by atoms with E-state index in [-0.39, 0.29) is 43.0 Å². The van der Waals surface area contributed by atoms with Crippen molar-refractivity contribution in [2.75, 3.05) is 20.3 Å². The third-order valence-corrected chi connectivity index (χ3v) is 5.27. The number of carbonyl (C=O) groups excluding carboxylic acids is 3. The van der Waals surface area contributed by atoms with Gasteiger partial charge in [0.05, 0.1) is 13.7 Å². The zero-order chi connectivity index (χ0) is 23.4. The molecule has 0 unspecified atom stereocenters. The zero-order valence-corrected chi connectivity index (χ0v) is 18.8. The van der Waals surface area contributed by atoms with Crippen LogP contribution in [0.1, 0.15) is 52.4 Å². The van der Waals surface area contributed by atoms with Crippen molar-refractivity contribution in [2.24, 2.45) is 5.92 Å². The van der Waals surface area contributed by atoms with Crippen LogP contribution in [-0.4, -0.2) is 66.4 Å². The van der Waals surface area contributed by atoms with Crippen molar-refractivity contribution in [1.82, 2.24) is 16.0 Å². The molecule has 0 radical (unpaired) electrons. The lowest BCUT2D eigenvalue weighted by molar-refractivity contribution is -0.140. The van der Waals surface area contributed by atoms with Gasteiger partial charge in [0.25, 0.3) is 0 Å². The number of methoxy groups -OCH3 is 1. The first-order valence-electron chi connectivity index (χ1n) is 10.7. The minimum atomic E-state index is -0.745. The summed E-state index contributed by atoms with van der Waals surface area (Å²) in [5.41, 5.74) is 1.47. The van der Waals surface area contributed by atoms with Crippen molar-refractivity contribution in [3.63, 3.8) is 0 Å². The number of hydrogen-bond donors (Lipinski definition) is 5. The Morgan fingerprint density at radius 2 is 1.77 bits per heavy atom. The van der Waals surface area contributed by atoms with Gasteiger partial charge in [-0.1, -0.05) is 12.7 Å². The second kappa shape index (κ2) is 13.8. The quantitative estimate of drug-likeness (QED) is 0.160. The highest BCUT2D eigenvalue weighted by molar-refractivity contribution is 5.89. The first-order chi connectivity index (χ1) is 14.7. The second-order valence-electron chi connectivity index (χ2n) is 8.07. The fourth-order valence-corrected chi connectivity index (χ4v) is 3.46. The molecule has 31 heavy (non-hydrogen) atoms. The highest BCUT2D eigenvalue weighted by atomic mass is 16.5. The van der Waals surface area contributed by atoms with E-state index in [0.717, 1.165) is 12.0 Å². The van der Waals surface area contributed by atoms with Crippen molar-refractivity contribution in [3.05, 3.63) is 23.9 Å². The SMILES string of the molecule is C=C(CCCCC(=O)OC)N[C@@H](C)C(=O)N[C@@H](C)C(=O)N[C@H]1C=C(CO)C[C@@H](CO)C1. The number of hydrogen-bond acceptors (Lipinski definition) is 7. The number of esters is 1. The first kappa shape index (κ1) is 26.6. The van der Waals surface area contributed by atoms with Gasteiger partial charge in [-0.25, -0.2) is 0 Å². The minimum Gasteiger partial charge on any atom is -0.469 e. The molecule has 0 spiro atoms. The number of allylic oxidation sites excluding steroid dienone is 1. The van der Waals surface area contributed by atoms with Gasteiger partial charge in [0.15, 0.2) is 0 Å². The predicted octanol–water partition coefficient (Wildman–Crippen LogP) is 0.522. The number of amides is 2. The van der Waals surface area contributed by atoms with Crippen LogP contribution < -0.4 is 16.0 Å². The summed E-state index contributed by atoms with van der Waals surface area (Å²) in [6.07, 6.45) is 5.40. The average molecular weight is 440 g/mol. The summed E-state index contributed by atoms with van der Waals surface area (Å²) < 4.78 is 4.59. The Morgan fingerprint density at radius 1 is 1.13 bits per heavy atom. The molecule has 5 N–H and O–H groups in total. The molecule has 9 nitrogen and oxygen atoms in total. The molecule has 0 saturated carbocycles. The maximum Gasteiger partial charge on any atom is 0.305 e. The maximum absolute atomic E-state index is 12.5. The van der Waals surface area contributed by atoms with E-state index in [0.29, 0.717) is 37.8 Å². The normalized spacial score (nSPS) is 20.1. The number of rotatable bonds is 13. The topological polar surface area (TPSA) is 137 Å². The number of aliphatic hydroxyl groups excluding tert-OH is 2. The maximum atomic E-state index is 12.5. The molecule has 0 aromatic carbocycles. The van der Waals surface area contributed by atoms with E-state index in [9.17, 15) is 24.6 Å². The lowest BCUT2D eigenvalue weighted by Crippen LogP contribution is -2.52. The summed E-state index contributed by atoms with van der Waals surface area (Å²) in [5, 5.41) is 27.3. The van der Waals surface area contributed by atoms with Gasteiger partial charge in [-0.3, -0.25) is 14.4 Å². The summed E-state index contributed by atoms with van der Waals surface area (Å²) in [7, 11) is 1.36. The molecular weight excluding hydrogens is 402 g/mol. The molecule has 1 aliphatic rings. The van der Waals surface area contributed by atoms with E-state index in [1.165, 1.54) is 7.11 Å². The van der Waals surface area contributed by atoms with Crippen LogP contribution in [0.5, 0.6) is 0 Å². The number of carbonyl (C=O) groups is 3. The van der Waals surface area contributed by atoms with Crippen LogP contribution in [0.3, 0.4) is 0 Å². The van der Waals surface area contributed by atoms with E-state index in [1.54, 1.807) is 13.8 Å². The summed E-state index contributed by atoms with van der Waals surface area (Å²) in [4.78, 5) is 36.0. The summed E-state index contributed by atoms with van der Waals surface area (Å²) in [6, 6.07) is -1.61. The van der Waals surface area contributed by atoms with Gasteiger partial charge in [-0.2, -0.15) is 0 Å². The predicted molar refractivity (Wildman–Crippen MR) is 117 cm³/mol. The van der Waals surface area contributed by atoms with Crippen LogP contribution in [0.15, 0.2) is 23.9 Å². The van der Waals surface area contributed by atoms with Crippen LogP contribution >= 0.6 is 0 Å². The van der Waals surface area contributed by atoms with Crippen LogP contribution in [0, 0.1) is 5.92 Å². The van der Waals surface area contributed by atoms with Crippen LogP contribution in [0.2, 0.25) is 0 Å². The number of unbranched alkanes of at least 4 members (excludes halogenated alkanes) is 1. The third-order valence-electron chi connectivity index (χ3n) is 5.27. The summed E-state index contributed by atoms with van der Waals surface area (Å²) in [5.74, 6) is -0.923. The van der Waals surface area contributed by atoms with Crippen molar-refractivity contribution in [3.8, 4) is 0 Å². The van der Waals surface area contributed by atoms with E-state index < -0.39 is 12.1 Å². The molecule has 0 heterocycles. The molecule has 9 heteroatoms. The lowest BCUT2D eigenvalue weighted by atomic mass is 9.86. The van der Waals surface area contributed by atoms with Gasteiger partial charge in [0.2, 0.25) is 11.8 Å². The highest BCUT2D eigenvalue weighted by Gasteiger charge is 2.26. The zero-order valence-electron chi connectivity index (χ0n) is 18.8. The number of aliphatic hydroxyl groups is 2. The Hall–Kier alpha value is -2.39. The van der Waals surface area contributed by atoms with Crippen molar-refractivity contribution in [2.45, 2.75) is 70.5 Å². The van der Waals surface area contributed by atoms with Gasteiger partial charge < -0.3 is 30.9 Å². The van der Waals surface area contributed by atoms with Crippen LogP contribution in [-0.2, 0) is 19.1 Å². The fraction of sp³-hybridized carbons (Fsp3) is 0.682. The Bertz CT molecular complexity index is 664. The van der Waals surface area contributed by atoms with Crippen LogP contribution in [0.25, 0.3) is 0 Å². The molecule has 0 fully saturated rings. The Kier molecular flexibility index (Phi) is 11.9. The summed E-state index contributed by atoms with van der Waals surface area (Å²) >= 11 is 0. The molecule has 1 rings (SSSR count). The summed E-state index contributed by atoms with van der Waals surface area (Å²) in [6.45, 7) is 7.07. The Morgan fingerprint density at radius 3 is 2.39 bits per heavy atom. The largest absolute Gasteiger partial charge is 0.469 e. The van der Waals surface area contributed by atoms with Gasteiger partial charge in [0, 0.05) is 24.8 Å². The second-order valence-corrected chi connectivity index (χ2v) is 8.07. The van der Waals surface area contributed by atoms with Gasteiger partial charge in [-0.05, 0) is 57.4 Å². The molecular formula is C22H37N3O6. The molecule has 0 aliphatic heterocycles. The molecule has 176 valence electrons. The molecule has 2 amide bonds. The van der Waals surface area contributed by atoms with E-state index in [4.69, 9.17) is 0 Å². The standard InChI is InChI=1S/C22H37N3O6/c1-14(7-5-6-8-20(28)31-4)23-15(2)21(29)24-16(3)22(30)25-19-10-17(12-26)9-18(11-19)13-27/h10,15-16,18-19,23,26-27H,1,5-9,11-13H2,2-4H3,(H,24,29)(H,25,30)/t15-,16-,18+,19-/m0/s1. The van der Waals surface area contributed by atoms with Gasteiger partial charge in [0.1, 0.15) is 12.1 Å². The molecule has 0 aromatic heterocycles. The molecule has 0 bridgehead atoms. The van der Waals surface area contributed by atoms with E-state index in [2.05, 4.69) is 27.3 Å². The van der Waals surface area contributed by atoms with Gasteiger partial charge in [-0.15, -0.1) is 0 Å². The fourth-order valence-electron chi connectivity index (χ4n) is 3.46. The molecule has 4 atom stereocenters. The molecule has 0 aromatic rings. The van der Waals surface area contributed by atoms with E-state index in [1.807, 2.05) is 6.08 Å². The smallest absolute Gasteiger partial charge is 0.305 e. The number of ether oxygens (including phenoxy) is 1. The Balaban J connectivity index is 2.41. The number of nitrogens with one attached hydrogen (secondary N) is 3. The third kappa shape index (κ3) is 9.97. The first-order valence-corrected chi connectivity index (χ1v) is 10.7. The van der Waals surface area contributed by atoms with Gasteiger partial charge >= 0.3 is 5.97 Å². The highest BCUT2D eigenvalue weighted by Crippen LogP contribution is 2.23. The van der Waals surface area contributed by atoms with Crippen molar-refractivity contribution >= 4 is 17.8 Å². The van der Waals surface area contributed by atoms with E-state index >= 15 is 0 Å². The molecule has 1 aliphatic carbocycles.